The molecular formula is C15H26N4O8S2. The van der Waals surface area contributed by atoms with Gasteiger partial charge in [0.1, 0.15) is 18.6 Å². The molecule has 0 radical (unpaired) electrons. The number of carboxylic acids is 3. The zero-order valence-electron chi connectivity index (χ0n) is 15.9. The number of nitrogens with two attached hydrogens (primary N) is 2. The van der Waals surface area contributed by atoms with Gasteiger partial charge in [0.25, 0.3) is 0 Å². The minimum absolute atomic E-state index is 0.0384. The third-order valence-electron chi connectivity index (χ3n) is 3.58. The number of aliphatic carboxylic acids is 3. The summed E-state index contributed by atoms with van der Waals surface area (Å²) >= 11 is 0. The van der Waals surface area contributed by atoms with E-state index in [9.17, 15) is 24.0 Å². The van der Waals surface area contributed by atoms with Gasteiger partial charge in [0, 0.05) is 16.9 Å². The fourth-order valence-electron chi connectivity index (χ4n) is 1.76. The molecule has 9 N–H and O–H groups in total. The van der Waals surface area contributed by atoms with Crippen molar-refractivity contribution < 1.29 is 39.3 Å². The number of rotatable bonds is 14. The van der Waals surface area contributed by atoms with Gasteiger partial charge in [0.2, 0.25) is 11.8 Å². The first-order valence-corrected chi connectivity index (χ1v) is 10.7. The summed E-state index contributed by atoms with van der Waals surface area (Å²) in [6.07, 6.45) is -0.483. The van der Waals surface area contributed by atoms with Gasteiger partial charge in [-0.25, -0.2) is 0 Å². The Morgan fingerprint density at radius 1 is 1.00 bits per heavy atom. The first-order valence-electron chi connectivity index (χ1n) is 8.34. The number of carbonyl (C=O) groups excluding carboxylic acids is 2. The van der Waals surface area contributed by atoms with Gasteiger partial charge in [-0.2, -0.15) is 0 Å². The van der Waals surface area contributed by atoms with E-state index in [0.29, 0.717) is 0 Å². The highest BCUT2D eigenvalue weighted by atomic mass is 33.1. The molecule has 0 heterocycles. The molecule has 29 heavy (non-hydrogen) atoms. The Hall–Kier alpha value is -2.03. The monoisotopic (exact) mass is 454 g/mol. The van der Waals surface area contributed by atoms with E-state index in [2.05, 4.69) is 10.6 Å². The maximum Gasteiger partial charge on any atom is 0.322 e. The van der Waals surface area contributed by atoms with Crippen LogP contribution in [-0.4, -0.2) is 80.2 Å². The van der Waals surface area contributed by atoms with Crippen LogP contribution in [0.25, 0.3) is 0 Å². The molecule has 14 heteroatoms. The van der Waals surface area contributed by atoms with E-state index in [-0.39, 0.29) is 18.6 Å². The van der Waals surface area contributed by atoms with Crippen molar-refractivity contribution in [3.63, 3.8) is 0 Å². The van der Waals surface area contributed by atoms with Crippen LogP contribution >= 0.6 is 21.6 Å². The maximum atomic E-state index is 12.2. The summed E-state index contributed by atoms with van der Waals surface area (Å²) in [7, 11) is 2.15. The lowest BCUT2D eigenvalue weighted by Crippen LogP contribution is -2.53. The summed E-state index contributed by atoms with van der Waals surface area (Å²) in [5, 5.41) is 30.8. The molecule has 12 nitrogen and oxygen atoms in total. The Kier molecular flexibility index (Phi) is 11.6. The quantitative estimate of drug-likeness (QED) is 0.148. The SMILES string of the molecule is CC(C)(SSCC(NC(=O)C(N)CCC(=O)O)C(=O)NCC(=O)O)C(N)C(=O)O. The maximum absolute atomic E-state index is 12.2. The Morgan fingerprint density at radius 3 is 2.07 bits per heavy atom. The van der Waals surface area contributed by atoms with Gasteiger partial charge in [-0.15, -0.1) is 0 Å². The summed E-state index contributed by atoms with van der Waals surface area (Å²) in [5.74, 6) is -5.20. The van der Waals surface area contributed by atoms with Gasteiger partial charge in [-0.3, -0.25) is 24.0 Å². The van der Waals surface area contributed by atoms with Crippen molar-refractivity contribution in [3.8, 4) is 0 Å². The normalized spacial score (nSPS) is 14.3. The van der Waals surface area contributed by atoms with Crippen molar-refractivity contribution in [2.24, 2.45) is 11.5 Å². The number of carboxylic acid groups (broad SMARTS) is 3. The molecule has 0 aromatic rings. The molecule has 0 aromatic carbocycles. The lowest BCUT2D eigenvalue weighted by atomic mass is 10.1. The molecule has 0 aromatic heterocycles. The lowest BCUT2D eigenvalue weighted by molar-refractivity contribution is -0.139. The van der Waals surface area contributed by atoms with Crippen LogP contribution in [0.1, 0.15) is 26.7 Å². The van der Waals surface area contributed by atoms with Gasteiger partial charge in [0.05, 0.1) is 6.04 Å². The van der Waals surface area contributed by atoms with Crippen LogP contribution in [-0.2, 0) is 24.0 Å². The zero-order valence-corrected chi connectivity index (χ0v) is 17.5. The summed E-state index contributed by atoms with van der Waals surface area (Å²) in [6, 6.07) is -3.53. The average Bonchev–Trinajstić information content (AvgIpc) is 2.61. The first-order chi connectivity index (χ1) is 13.3. The van der Waals surface area contributed by atoms with Crippen LogP contribution in [0.3, 0.4) is 0 Å². The molecule has 0 fully saturated rings. The molecule has 0 bridgehead atoms. The van der Waals surface area contributed by atoms with Gasteiger partial charge < -0.3 is 37.4 Å². The number of nitrogens with one attached hydrogen (secondary N) is 2. The summed E-state index contributed by atoms with van der Waals surface area (Å²) in [5.41, 5.74) is 11.2. The minimum atomic E-state index is -1.28. The minimum Gasteiger partial charge on any atom is -0.481 e. The van der Waals surface area contributed by atoms with Gasteiger partial charge in [0.15, 0.2) is 0 Å². The van der Waals surface area contributed by atoms with Crippen LogP contribution in [0.4, 0.5) is 0 Å². The van der Waals surface area contributed by atoms with E-state index < -0.39 is 59.1 Å². The zero-order chi connectivity index (χ0) is 22.8. The Balaban J connectivity index is 4.99. The van der Waals surface area contributed by atoms with E-state index in [1.165, 1.54) is 0 Å². The largest absolute Gasteiger partial charge is 0.481 e. The van der Waals surface area contributed by atoms with Crippen molar-refractivity contribution in [3.05, 3.63) is 0 Å². The third-order valence-corrected chi connectivity index (χ3v) is 6.90. The molecule has 0 aliphatic rings. The molecule has 3 unspecified atom stereocenters. The second-order valence-electron chi connectivity index (χ2n) is 6.50. The second-order valence-corrected chi connectivity index (χ2v) is 9.49. The van der Waals surface area contributed by atoms with Gasteiger partial charge >= 0.3 is 17.9 Å². The van der Waals surface area contributed by atoms with Crippen LogP contribution < -0.4 is 22.1 Å². The van der Waals surface area contributed by atoms with Gasteiger partial charge in [-0.05, 0) is 20.3 Å². The molecular weight excluding hydrogens is 428 g/mol. The highest BCUT2D eigenvalue weighted by Gasteiger charge is 2.34. The smallest absolute Gasteiger partial charge is 0.322 e. The Bertz CT molecular complexity index is 631. The predicted molar refractivity (Wildman–Crippen MR) is 107 cm³/mol. The van der Waals surface area contributed by atoms with Crippen molar-refractivity contribution in [1.29, 1.82) is 0 Å². The number of hydrogen-bond acceptors (Lipinski definition) is 9. The molecule has 3 atom stereocenters. The average molecular weight is 455 g/mol. The molecule has 0 aliphatic carbocycles. The number of carbonyl (C=O) groups is 5. The van der Waals surface area contributed by atoms with E-state index in [1.54, 1.807) is 13.8 Å². The molecule has 0 saturated carbocycles. The van der Waals surface area contributed by atoms with Crippen LogP contribution in [0.15, 0.2) is 0 Å². The van der Waals surface area contributed by atoms with E-state index >= 15 is 0 Å². The second kappa shape index (κ2) is 12.5. The van der Waals surface area contributed by atoms with Crippen LogP contribution in [0, 0.1) is 0 Å². The summed E-state index contributed by atoms with van der Waals surface area (Å²) in [6.45, 7) is 2.54. The molecule has 2 amide bonds. The molecule has 0 rings (SSSR count). The van der Waals surface area contributed by atoms with Crippen molar-refractivity contribution in [2.45, 2.75) is 49.6 Å². The Labute approximate surface area is 174 Å². The third kappa shape index (κ3) is 10.9. The van der Waals surface area contributed by atoms with Crippen molar-refractivity contribution >= 4 is 51.3 Å². The fourth-order valence-corrected chi connectivity index (χ4v) is 4.54. The molecule has 0 aliphatic heterocycles. The van der Waals surface area contributed by atoms with Crippen molar-refractivity contribution in [1.82, 2.24) is 10.6 Å². The molecule has 0 spiro atoms. The molecule has 0 saturated heterocycles. The number of hydrogen-bond donors (Lipinski definition) is 7. The number of amides is 2. The van der Waals surface area contributed by atoms with Crippen LogP contribution in [0.2, 0.25) is 0 Å². The van der Waals surface area contributed by atoms with E-state index in [0.717, 1.165) is 21.6 Å². The topological polar surface area (TPSA) is 222 Å². The summed E-state index contributed by atoms with van der Waals surface area (Å²) < 4.78 is -0.902. The Morgan fingerprint density at radius 2 is 1.59 bits per heavy atom. The van der Waals surface area contributed by atoms with Crippen LogP contribution in [0.5, 0.6) is 0 Å². The summed E-state index contributed by atoms with van der Waals surface area (Å²) in [4.78, 5) is 56.6. The van der Waals surface area contributed by atoms with Gasteiger partial charge in [-0.1, -0.05) is 21.6 Å². The first kappa shape index (κ1) is 27.0. The van der Waals surface area contributed by atoms with E-state index in [4.69, 9.17) is 26.8 Å². The standard InChI is InChI=1S/C15H26N4O8S2/c1-15(2,11(17)14(26)27)29-28-6-8(13(25)18-5-10(22)23)19-12(24)7(16)3-4-9(20)21/h7-8,11H,3-6,16-17H2,1-2H3,(H,18,25)(H,19,24)(H,20,21)(H,22,23)(H,26,27). The van der Waals surface area contributed by atoms with Crippen molar-refractivity contribution in [2.75, 3.05) is 12.3 Å². The fraction of sp³-hybridized carbons (Fsp3) is 0.667. The lowest BCUT2D eigenvalue weighted by Gasteiger charge is -2.28. The highest BCUT2D eigenvalue weighted by Crippen LogP contribution is 2.37. The highest BCUT2D eigenvalue weighted by molar-refractivity contribution is 8.77. The van der Waals surface area contributed by atoms with E-state index in [1.807, 2.05) is 0 Å². The molecule has 166 valence electrons. The predicted octanol–water partition coefficient (Wildman–Crippen LogP) is -1.56.